The van der Waals surface area contributed by atoms with Gasteiger partial charge >= 0.3 is 5.97 Å². The smallest absolute Gasteiger partial charge is 0.312 e. The average molecular weight is 450 g/mol. The van der Waals surface area contributed by atoms with E-state index in [1.165, 1.54) is 0 Å². The largest absolute Gasteiger partial charge is 0.492 e. The lowest BCUT2D eigenvalue weighted by Crippen LogP contribution is -2.65. The Kier molecular flexibility index (Phi) is 6.14. The van der Waals surface area contributed by atoms with Crippen molar-refractivity contribution in [1.82, 2.24) is 4.90 Å². The number of carbonyl (C=O) groups is 1. The fraction of sp³-hybridized carbons (Fsp3) is 0.435. The summed E-state index contributed by atoms with van der Waals surface area (Å²) in [6.07, 6.45) is 2.44. The summed E-state index contributed by atoms with van der Waals surface area (Å²) < 4.78 is 11.9. The minimum atomic E-state index is -0.682. The Hall–Kier alpha value is -1.95. The molecule has 0 aliphatic carbocycles. The van der Waals surface area contributed by atoms with Crippen LogP contribution in [0.25, 0.3) is 0 Å². The zero-order valence-corrected chi connectivity index (χ0v) is 18.4. The van der Waals surface area contributed by atoms with Crippen LogP contribution in [0.2, 0.25) is 10.0 Å². The number of hydrogen-bond acceptors (Lipinski definition) is 4. The van der Waals surface area contributed by atoms with Gasteiger partial charge in [0.1, 0.15) is 24.7 Å². The minimum Gasteiger partial charge on any atom is -0.492 e. The fourth-order valence-corrected chi connectivity index (χ4v) is 4.86. The van der Waals surface area contributed by atoms with Crippen LogP contribution in [0, 0.1) is 5.41 Å². The van der Waals surface area contributed by atoms with Gasteiger partial charge in [0.05, 0.1) is 5.41 Å². The van der Waals surface area contributed by atoms with E-state index in [1.807, 2.05) is 25.1 Å². The molecule has 2 aromatic carbocycles. The predicted octanol–water partition coefficient (Wildman–Crippen LogP) is 5.06. The van der Waals surface area contributed by atoms with Crippen LogP contribution in [0.1, 0.15) is 30.9 Å². The van der Waals surface area contributed by atoms with Crippen LogP contribution >= 0.6 is 23.2 Å². The summed E-state index contributed by atoms with van der Waals surface area (Å²) in [7, 11) is 0. The number of aliphatic carboxylic acids is 1. The highest BCUT2D eigenvalue weighted by Crippen LogP contribution is 2.39. The molecule has 0 amide bonds. The molecule has 1 atom stereocenters. The fourth-order valence-electron chi connectivity index (χ4n) is 4.35. The maximum absolute atomic E-state index is 11.7. The standard InChI is InChI=1S/C23H25Cl2NO4/c1-2-8-23(22(27)28)13-26(14-23)16-9-15-6-7-17(10-21(15)30-11-16)29-12-18-19(24)4-3-5-20(18)25/h3-7,10,16H,2,8-9,11-14H2,1H3,(H,27,28)/t16-/m0/s1. The number of benzene rings is 2. The molecule has 2 aliphatic heterocycles. The van der Waals surface area contributed by atoms with Gasteiger partial charge in [0.2, 0.25) is 0 Å². The Bertz CT molecular complexity index is 923. The number of halogens is 2. The maximum Gasteiger partial charge on any atom is 0.312 e. The quantitative estimate of drug-likeness (QED) is 0.639. The van der Waals surface area contributed by atoms with Gasteiger partial charge in [-0.05, 0) is 36.6 Å². The molecule has 2 aromatic rings. The summed E-state index contributed by atoms with van der Waals surface area (Å²) in [6.45, 7) is 4.06. The third-order valence-corrected chi connectivity index (χ3v) is 6.79. The van der Waals surface area contributed by atoms with Crippen molar-refractivity contribution in [2.75, 3.05) is 19.7 Å². The van der Waals surface area contributed by atoms with Gasteiger partial charge in [-0.3, -0.25) is 9.69 Å². The molecule has 0 bridgehead atoms. The predicted molar refractivity (Wildman–Crippen MR) is 117 cm³/mol. The van der Waals surface area contributed by atoms with Crippen molar-refractivity contribution in [2.24, 2.45) is 5.41 Å². The Balaban J connectivity index is 1.38. The van der Waals surface area contributed by atoms with Gasteiger partial charge in [-0.15, -0.1) is 0 Å². The summed E-state index contributed by atoms with van der Waals surface area (Å²) in [6, 6.07) is 11.4. The van der Waals surface area contributed by atoms with Gasteiger partial charge in [-0.25, -0.2) is 0 Å². The van der Waals surface area contributed by atoms with Gasteiger partial charge in [-0.2, -0.15) is 0 Å². The van der Waals surface area contributed by atoms with Crippen molar-refractivity contribution < 1.29 is 19.4 Å². The van der Waals surface area contributed by atoms with E-state index in [0.717, 1.165) is 36.1 Å². The highest BCUT2D eigenvalue weighted by molar-refractivity contribution is 6.35. The third-order valence-electron chi connectivity index (χ3n) is 6.08. The van der Waals surface area contributed by atoms with Crippen molar-refractivity contribution in [3.63, 3.8) is 0 Å². The molecule has 0 spiro atoms. The number of rotatable bonds is 7. The van der Waals surface area contributed by atoms with Crippen molar-refractivity contribution in [3.05, 3.63) is 57.6 Å². The number of likely N-dealkylation sites (tertiary alicyclic amines) is 1. The van der Waals surface area contributed by atoms with E-state index >= 15 is 0 Å². The first kappa shape index (κ1) is 21.3. The summed E-state index contributed by atoms with van der Waals surface area (Å²) in [5, 5.41) is 10.8. The molecular formula is C23H25Cl2NO4. The topological polar surface area (TPSA) is 59.0 Å². The molecule has 0 unspecified atom stereocenters. The Labute approximate surface area is 186 Å². The average Bonchev–Trinajstić information content (AvgIpc) is 2.69. The molecular weight excluding hydrogens is 425 g/mol. The van der Waals surface area contributed by atoms with E-state index in [9.17, 15) is 9.90 Å². The Morgan fingerprint density at radius 3 is 2.67 bits per heavy atom. The Morgan fingerprint density at radius 2 is 2.00 bits per heavy atom. The molecule has 1 fully saturated rings. The second-order valence-electron chi connectivity index (χ2n) is 8.17. The molecule has 4 rings (SSSR count). The van der Waals surface area contributed by atoms with Crippen molar-refractivity contribution in [3.8, 4) is 11.5 Å². The van der Waals surface area contributed by atoms with Crippen molar-refractivity contribution in [1.29, 1.82) is 0 Å². The molecule has 0 aromatic heterocycles. The van der Waals surface area contributed by atoms with Gasteiger partial charge in [0.25, 0.3) is 0 Å². The zero-order valence-electron chi connectivity index (χ0n) is 16.9. The lowest BCUT2D eigenvalue weighted by molar-refractivity contribution is -0.165. The number of carboxylic acid groups (broad SMARTS) is 1. The first-order chi connectivity index (χ1) is 14.4. The molecule has 2 heterocycles. The molecule has 1 saturated heterocycles. The molecule has 1 N–H and O–H groups in total. The van der Waals surface area contributed by atoms with Crippen LogP contribution in [-0.4, -0.2) is 41.7 Å². The molecule has 30 heavy (non-hydrogen) atoms. The zero-order chi connectivity index (χ0) is 21.3. The first-order valence-electron chi connectivity index (χ1n) is 10.2. The second kappa shape index (κ2) is 8.66. The van der Waals surface area contributed by atoms with E-state index in [-0.39, 0.29) is 12.6 Å². The van der Waals surface area contributed by atoms with Crippen LogP contribution < -0.4 is 9.47 Å². The van der Waals surface area contributed by atoms with E-state index < -0.39 is 11.4 Å². The number of nitrogens with zero attached hydrogens (tertiary/aromatic N) is 1. The van der Waals surface area contributed by atoms with Gasteiger partial charge < -0.3 is 14.6 Å². The summed E-state index contributed by atoms with van der Waals surface area (Å²) in [5.74, 6) is 0.825. The lowest BCUT2D eigenvalue weighted by atomic mass is 9.74. The third kappa shape index (κ3) is 4.11. The van der Waals surface area contributed by atoms with Crippen molar-refractivity contribution >= 4 is 29.2 Å². The van der Waals surface area contributed by atoms with E-state index in [0.29, 0.717) is 35.5 Å². The molecule has 5 nitrogen and oxygen atoms in total. The first-order valence-corrected chi connectivity index (χ1v) is 11.0. The van der Waals surface area contributed by atoms with Crippen LogP contribution in [0.15, 0.2) is 36.4 Å². The highest BCUT2D eigenvalue weighted by atomic mass is 35.5. The van der Waals surface area contributed by atoms with Gasteiger partial charge in [0.15, 0.2) is 0 Å². The van der Waals surface area contributed by atoms with Gasteiger partial charge in [-0.1, -0.05) is 48.7 Å². The van der Waals surface area contributed by atoms with Crippen molar-refractivity contribution in [2.45, 2.75) is 38.8 Å². The molecule has 7 heteroatoms. The van der Waals surface area contributed by atoms with E-state index in [4.69, 9.17) is 32.7 Å². The van der Waals surface area contributed by atoms with Crippen LogP contribution in [0.3, 0.4) is 0 Å². The number of ether oxygens (including phenoxy) is 2. The summed E-state index contributed by atoms with van der Waals surface area (Å²) in [4.78, 5) is 13.9. The minimum absolute atomic E-state index is 0.204. The summed E-state index contributed by atoms with van der Waals surface area (Å²) in [5.41, 5.74) is 1.27. The van der Waals surface area contributed by atoms with Crippen LogP contribution in [-0.2, 0) is 17.8 Å². The molecule has 2 aliphatic rings. The summed E-state index contributed by atoms with van der Waals surface area (Å²) >= 11 is 12.4. The number of carboxylic acids is 1. The molecule has 0 radical (unpaired) electrons. The highest BCUT2D eigenvalue weighted by Gasteiger charge is 2.51. The SMILES string of the molecule is CCCC1(C(=O)O)CN([C@@H]2COc3cc(OCc4c(Cl)cccc4Cl)ccc3C2)C1. The Morgan fingerprint density at radius 1 is 1.27 bits per heavy atom. The molecule has 160 valence electrons. The monoisotopic (exact) mass is 449 g/mol. The van der Waals surface area contributed by atoms with Crippen LogP contribution in [0.5, 0.6) is 11.5 Å². The second-order valence-corrected chi connectivity index (χ2v) is 8.98. The van der Waals surface area contributed by atoms with Crippen LogP contribution in [0.4, 0.5) is 0 Å². The number of hydrogen-bond donors (Lipinski definition) is 1. The normalized spacial score (nSPS) is 20.0. The van der Waals surface area contributed by atoms with E-state index in [1.54, 1.807) is 18.2 Å². The van der Waals surface area contributed by atoms with E-state index in [2.05, 4.69) is 4.90 Å². The number of fused-ring (bicyclic) bond motifs is 1. The molecule has 0 saturated carbocycles. The lowest BCUT2D eigenvalue weighted by Gasteiger charge is -2.51. The maximum atomic E-state index is 11.7. The van der Waals surface area contributed by atoms with Gasteiger partial charge in [0, 0.05) is 40.8 Å².